The predicted molar refractivity (Wildman–Crippen MR) is 122 cm³/mol. The molecule has 0 radical (unpaired) electrons. The quantitative estimate of drug-likeness (QED) is 0.313. The normalized spacial score (nSPS) is 23.0. The molecule has 1 fully saturated rings. The molecule has 2 rings (SSSR count). The Hall–Kier alpha value is 0.0700. The largest absolute Gasteiger partial charge is 0.387 e. The number of hydrogen-bond donors (Lipinski definition) is 2. The van der Waals surface area contributed by atoms with Gasteiger partial charge in [0.05, 0.1) is 18.7 Å². The van der Waals surface area contributed by atoms with E-state index in [9.17, 15) is 5.11 Å². The van der Waals surface area contributed by atoms with E-state index in [1.165, 1.54) is 5.69 Å². The molecule has 0 amide bonds. The van der Waals surface area contributed by atoms with Gasteiger partial charge in [-0.1, -0.05) is 6.92 Å². The maximum atomic E-state index is 10.8. The van der Waals surface area contributed by atoms with Crippen LogP contribution in [0.5, 0.6) is 0 Å². The van der Waals surface area contributed by atoms with Crippen LogP contribution in [0.2, 0.25) is 0 Å². The van der Waals surface area contributed by atoms with Crippen LogP contribution >= 0.6 is 51.7 Å². The highest BCUT2D eigenvalue weighted by atomic mass is 127. The molecule has 5 nitrogen and oxygen atoms in total. The summed E-state index contributed by atoms with van der Waals surface area (Å²) in [7, 11) is 4.08. The molecule has 0 bridgehead atoms. The molecule has 2 N–H and O–H groups in total. The third-order valence-electron chi connectivity index (χ3n) is 4.48. The van der Waals surface area contributed by atoms with E-state index in [-0.39, 0.29) is 24.0 Å². The van der Waals surface area contributed by atoms with Crippen molar-refractivity contribution in [2.24, 2.45) is 12.0 Å². The van der Waals surface area contributed by atoms with E-state index in [0.29, 0.717) is 11.8 Å². The molecule has 1 aromatic rings. The lowest BCUT2D eigenvalue weighted by Crippen LogP contribution is -2.53. The summed E-state index contributed by atoms with van der Waals surface area (Å²) in [4.78, 5) is 6.83. The number of nitrogens with zero attached hydrogens (tertiary/aromatic N) is 3. The molecule has 1 aromatic heterocycles. The predicted octanol–water partition coefficient (Wildman–Crippen LogP) is 3.45. The van der Waals surface area contributed by atoms with Crippen LogP contribution in [0.3, 0.4) is 0 Å². The highest BCUT2D eigenvalue weighted by Crippen LogP contribution is 2.41. The van der Waals surface area contributed by atoms with Gasteiger partial charge in [-0.15, -0.1) is 24.0 Å². The zero-order valence-corrected chi connectivity index (χ0v) is 20.2. The molecule has 1 aliphatic rings. The molecule has 1 saturated carbocycles. The van der Waals surface area contributed by atoms with Gasteiger partial charge in [0.15, 0.2) is 5.96 Å². The van der Waals surface area contributed by atoms with Gasteiger partial charge in [-0.05, 0) is 47.5 Å². The fourth-order valence-electron chi connectivity index (χ4n) is 2.94. The minimum Gasteiger partial charge on any atom is -0.387 e. The van der Waals surface area contributed by atoms with Crippen LogP contribution in [0.15, 0.2) is 21.7 Å². The van der Waals surface area contributed by atoms with Gasteiger partial charge in [0, 0.05) is 42.3 Å². The van der Waals surface area contributed by atoms with Crippen LogP contribution in [0, 0.1) is 0 Å². The summed E-state index contributed by atoms with van der Waals surface area (Å²) in [6.07, 6.45) is 3.99. The summed E-state index contributed by atoms with van der Waals surface area (Å²) < 4.78 is 3.19. The molecular formula is C17H30BrIN4OS. The Morgan fingerprint density at radius 1 is 1.56 bits per heavy atom. The number of halogens is 2. The average Bonchev–Trinajstić information content (AvgIpc) is 2.85. The van der Waals surface area contributed by atoms with E-state index >= 15 is 0 Å². The summed E-state index contributed by atoms with van der Waals surface area (Å²) in [5.74, 6) is 1.88. The number of aliphatic imine (C=N–C) groups is 1. The van der Waals surface area contributed by atoms with Gasteiger partial charge in [0.2, 0.25) is 0 Å². The molecule has 8 heteroatoms. The van der Waals surface area contributed by atoms with E-state index < -0.39 is 5.60 Å². The highest BCUT2D eigenvalue weighted by molar-refractivity contribution is 14.0. The fraction of sp³-hybridized carbons (Fsp3) is 0.706. The maximum Gasteiger partial charge on any atom is 0.194 e. The van der Waals surface area contributed by atoms with E-state index in [2.05, 4.69) is 56.8 Å². The monoisotopic (exact) mass is 544 g/mol. The molecule has 2 unspecified atom stereocenters. The molecule has 0 saturated heterocycles. The Bertz CT molecular complexity index is 583. The number of guanidine groups is 1. The van der Waals surface area contributed by atoms with Crippen molar-refractivity contribution >= 4 is 57.6 Å². The van der Waals surface area contributed by atoms with E-state index in [4.69, 9.17) is 4.99 Å². The van der Waals surface area contributed by atoms with Gasteiger partial charge in [0.25, 0.3) is 0 Å². The molecule has 25 heavy (non-hydrogen) atoms. The number of thioether (sulfide) groups is 1. The van der Waals surface area contributed by atoms with E-state index in [1.807, 2.05) is 25.9 Å². The van der Waals surface area contributed by atoms with Crippen LogP contribution in [0.25, 0.3) is 0 Å². The van der Waals surface area contributed by atoms with Crippen LogP contribution in [-0.4, -0.2) is 57.3 Å². The molecule has 144 valence electrons. The molecular weight excluding hydrogens is 515 g/mol. The Kier molecular flexibility index (Phi) is 9.63. The Morgan fingerprint density at radius 2 is 2.28 bits per heavy atom. The van der Waals surface area contributed by atoms with Gasteiger partial charge >= 0.3 is 0 Å². The zero-order valence-electron chi connectivity index (χ0n) is 15.5. The minimum absolute atomic E-state index is 0. The Morgan fingerprint density at radius 3 is 2.76 bits per heavy atom. The third kappa shape index (κ3) is 6.04. The molecule has 0 spiro atoms. The van der Waals surface area contributed by atoms with E-state index in [0.717, 1.165) is 42.1 Å². The van der Waals surface area contributed by atoms with Gasteiger partial charge in [-0.25, -0.2) is 0 Å². The smallest absolute Gasteiger partial charge is 0.194 e. The lowest BCUT2D eigenvalue weighted by molar-refractivity contribution is -0.0156. The van der Waals surface area contributed by atoms with Crippen LogP contribution in [-0.2, 0) is 13.6 Å². The van der Waals surface area contributed by atoms with Gasteiger partial charge in [0.1, 0.15) is 0 Å². The second-order valence-corrected chi connectivity index (χ2v) is 8.77. The number of aliphatic hydroxyl groups is 1. The highest BCUT2D eigenvalue weighted by Gasteiger charge is 2.45. The van der Waals surface area contributed by atoms with Crippen molar-refractivity contribution in [3.63, 3.8) is 0 Å². The number of nitrogens with one attached hydrogen (secondary N) is 1. The van der Waals surface area contributed by atoms with Crippen LogP contribution < -0.4 is 5.32 Å². The SMILES string of the molecule is CCNC(=NCC1(O)CCC1SCC)N(C)Cc1cc(Br)cn1C.I. The molecule has 1 aliphatic carbocycles. The van der Waals surface area contributed by atoms with Crippen molar-refractivity contribution in [1.82, 2.24) is 14.8 Å². The molecule has 1 heterocycles. The fourth-order valence-corrected chi connectivity index (χ4v) is 4.70. The van der Waals surface area contributed by atoms with Crippen molar-refractivity contribution < 1.29 is 5.11 Å². The summed E-state index contributed by atoms with van der Waals surface area (Å²) in [5.41, 5.74) is 0.563. The lowest BCUT2D eigenvalue weighted by atomic mass is 9.79. The van der Waals surface area contributed by atoms with Gasteiger partial charge < -0.3 is 19.9 Å². The number of aromatic nitrogens is 1. The standard InChI is InChI=1S/C17H29BrN4OS.HI/c1-5-19-16(20-12-17(23)8-7-15(17)24-6-2)22(4)11-14-9-13(18)10-21(14)3;/h9-10,15,23H,5-8,11-12H2,1-4H3,(H,19,20);1H. The summed E-state index contributed by atoms with van der Waals surface area (Å²) in [5, 5.41) is 14.4. The molecule has 0 aliphatic heterocycles. The average molecular weight is 545 g/mol. The minimum atomic E-state index is -0.643. The number of hydrogen-bond acceptors (Lipinski definition) is 3. The van der Waals surface area contributed by atoms with Crippen molar-refractivity contribution in [1.29, 1.82) is 0 Å². The number of aryl methyl sites for hydroxylation is 1. The first kappa shape index (κ1) is 23.1. The van der Waals surface area contributed by atoms with Crippen molar-refractivity contribution in [2.75, 3.05) is 25.9 Å². The summed E-state index contributed by atoms with van der Waals surface area (Å²) in [6, 6.07) is 2.12. The summed E-state index contributed by atoms with van der Waals surface area (Å²) >= 11 is 5.36. The van der Waals surface area contributed by atoms with Gasteiger partial charge in [-0.3, -0.25) is 4.99 Å². The first-order valence-corrected chi connectivity index (χ1v) is 10.4. The molecule has 2 atom stereocenters. The van der Waals surface area contributed by atoms with E-state index in [1.54, 1.807) is 0 Å². The Labute approximate surface area is 181 Å². The second kappa shape index (κ2) is 10.4. The van der Waals surface area contributed by atoms with Crippen LogP contribution in [0.4, 0.5) is 0 Å². The third-order valence-corrected chi connectivity index (χ3v) is 6.32. The first-order chi connectivity index (χ1) is 11.4. The van der Waals surface area contributed by atoms with Crippen LogP contribution in [0.1, 0.15) is 32.4 Å². The number of rotatable bonds is 7. The van der Waals surface area contributed by atoms with Crippen molar-refractivity contribution in [3.05, 3.63) is 22.4 Å². The molecule has 0 aromatic carbocycles. The second-order valence-electron chi connectivity index (χ2n) is 6.37. The topological polar surface area (TPSA) is 52.8 Å². The Balaban J connectivity index is 0.00000312. The van der Waals surface area contributed by atoms with Gasteiger partial charge in [-0.2, -0.15) is 11.8 Å². The first-order valence-electron chi connectivity index (χ1n) is 8.53. The lowest BCUT2D eigenvalue weighted by Gasteiger charge is -2.44. The summed E-state index contributed by atoms with van der Waals surface area (Å²) in [6.45, 7) is 6.25. The zero-order chi connectivity index (χ0) is 17.7. The maximum absolute atomic E-state index is 10.8. The van der Waals surface area contributed by atoms with Crippen molar-refractivity contribution in [2.45, 2.75) is 44.1 Å². The van der Waals surface area contributed by atoms with Crippen molar-refractivity contribution in [3.8, 4) is 0 Å².